The van der Waals surface area contributed by atoms with Crippen LogP contribution in [0, 0.1) is 22.7 Å². The molecule has 1 nitrogen and oxygen atoms in total. The first-order valence-corrected chi connectivity index (χ1v) is 8.69. The summed E-state index contributed by atoms with van der Waals surface area (Å²) >= 11 is 0. The average Bonchev–Trinajstić information content (AvgIpc) is 2.44. The standard InChI is InChI=1S/C20H34O/c1-7-18(4,21)13-14-20(6)16(3)11-12-19(5)15(2)9-8-10-17(19)20/h7,11,15,17,21H,1,8-10,12-14H2,2-6H3. The molecule has 5 atom stereocenters. The minimum Gasteiger partial charge on any atom is -0.386 e. The second-order valence-electron chi connectivity index (χ2n) is 8.46. The minimum absolute atomic E-state index is 0.231. The zero-order valence-electron chi connectivity index (χ0n) is 14.7. The van der Waals surface area contributed by atoms with E-state index in [0.717, 1.165) is 24.7 Å². The number of aliphatic hydroxyl groups is 1. The van der Waals surface area contributed by atoms with Gasteiger partial charge in [0.1, 0.15) is 0 Å². The highest BCUT2D eigenvalue weighted by Gasteiger charge is 2.52. The van der Waals surface area contributed by atoms with E-state index < -0.39 is 5.60 Å². The molecule has 2 aliphatic carbocycles. The normalized spacial score (nSPS) is 42.7. The number of hydrogen-bond acceptors (Lipinski definition) is 1. The summed E-state index contributed by atoms with van der Waals surface area (Å²) < 4.78 is 0. The molecule has 0 amide bonds. The van der Waals surface area contributed by atoms with Crippen molar-refractivity contribution >= 4 is 0 Å². The van der Waals surface area contributed by atoms with Crippen molar-refractivity contribution in [1.29, 1.82) is 0 Å². The predicted molar refractivity (Wildman–Crippen MR) is 91.1 cm³/mol. The first-order valence-electron chi connectivity index (χ1n) is 8.69. The van der Waals surface area contributed by atoms with E-state index in [-0.39, 0.29) is 5.41 Å². The minimum atomic E-state index is -0.739. The van der Waals surface area contributed by atoms with E-state index in [9.17, 15) is 5.11 Å². The van der Waals surface area contributed by atoms with E-state index in [2.05, 4.69) is 40.3 Å². The van der Waals surface area contributed by atoms with Crippen molar-refractivity contribution in [2.24, 2.45) is 22.7 Å². The van der Waals surface area contributed by atoms with Crippen LogP contribution in [-0.2, 0) is 0 Å². The van der Waals surface area contributed by atoms with Crippen molar-refractivity contribution in [2.45, 2.75) is 78.7 Å². The summed E-state index contributed by atoms with van der Waals surface area (Å²) in [6.45, 7) is 15.4. The molecule has 21 heavy (non-hydrogen) atoms. The van der Waals surface area contributed by atoms with Gasteiger partial charge in [-0.15, -0.1) is 6.58 Å². The molecule has 5 unspecified atom stereocenters. The zero-order valence-corrected chi connectivity index (χ0v) is 14.7. The molecule has 0 aromatic heterocycles. The summed E-state index contributed by atoms with van der Waals surface area (Å²) in [7, 11) is 0. The Balaban J connectivity index is 2.29. The Labute approximate surface area is 131 Å². The van der Waals surface area contributed by atoms with Gasteiger partial charge in [0.05, 0.1) is 5.60 Å². The van der Waals surface area contributed by atoms with Gasteiger partial charge in [-0.1, -0.05) is 51.3 Å². The van der Waals surface area contributed by atoms with Crippen molar-refractivity contribution in [3.8, 4) is 0 Å². The zero-order chi connectivity index (χ0) is 15.9. The van der Waals surface area contributed by atoms with E-state index in [4.69, 9.17) is 0 Å². The first-order chi connectivity index (χ1) is 9.66. The van der Waals surface area contributed by atoms with Gasteiger partial charge in [0.15, 0.2) is 0 Å². The third kappa shape index (κ3) is 2.86. The summed E-state index contributed by atoms with van der Waals surface area (Å²) in [4.78, 5) is 0. The highest BCUT2D eigenvalue weighted by Crippen LogP contribution is 2.61. The first kappa shape index (κ1) is 16.8. The smallest absolute Gasteiger partial charge is 0.0797 e. The number of hydrogen-bond donors (Lipinski definition) is 1. The van der Waals surface area contributed by atoms with Crippen LogP contribution in [0.25, 0.3) is 0 Å². The highest BCUT2D eigenvalue weighted by atomic mass is 16.3. The van der Waals surface area contributed by atoms with E-state index >= 15 is 0 Å². The van der Waals surface area contributed by atoms with Gasteiger partial charge in [-0.2, -0.15) is 0 Å². The molecule has 2 rings (SSSR count). The third-order valence-corrected chi connectivity index (χ3v) is 7.16. The van der Waals surface area contributed by atoms with Crippen LogP contribution < -0.4 is 0 Å². The number of fused-ring (bicyclic) bond motifs is 1. The molecule has 120 valence electrons. The molecule has 0 spiro atoms. The molecular formula is C20H34O. The van der Waals surface area contributed by atoms with Gasteiger partial charge in [-0.25, -0.2) is 0 Å². The topological polar surface area (TPSA) is 20.2 Å². The Morgan fingerprint density at radius 3 is 2.71 bits per heavy atom. The van der Waals surface area contributed by atoms with Crippen molar-refractivity contribution in [2.75, 3.05) is 0 Å². The number of allylic oxidation sites excluding steroid dienone is 2. The predicted octanol–water partition coefficient (Wildman–Crippen LogP) is 5.50. The lowest BCUT2D eigenvalue weighted by Crippen LogP contribution is -2.49. The largest absolute Gasteiger partial charge is 0.386 e. The Morgan fingerprint density at radius 2 is 2.10 bits per heavy atom. The Morgan fingerprint density at radius 1 is 1.43 bits per heavy atom. The highest BCUT2D eigenvalue weighted by molar-refractivity contribution is 5.22. The van der Waals surface area contributed by atoms with E-state index in [1.807, 2.05) is 6.92 Å². The van der Waals surface area contributed by atoms with E-state index in [0.29, 0.717) is 5.41 Å². The molecule has 0 aliphatic heterocycles. The molecule has 0 saturated heterocycles. The van der Waals surface area contributed by atoms with Gasteiger partial charge >= 0.3 is 0 Å². The summed E-state index contributed by atoms with van der Waals surface area (Å²) in [6, 6.07) is 0. The van der Waals surface area contributed by atoms with Crippen LogP contribution in [-0.4, -0.2) is 10.7 Å². The quantitative estimate of drug-likeness (QED) is 0.678. The molecule has 1 saturated carbocycles. The van der Waals surface area contributed by atoms with Crippen molar-refractivity contribution in [3.05, 3.63) is 24.3 Å². The van der Waals surface area contributed by atoms with Crippen LogP contribution in [0.3, 0.4) is 0 Å². The van der Waals surface area contributed by atoms with Crippen LogP contribution in [0.15, 0.2) is 24.3 Å². The van der Waals surface area contributed by atoms with Crippen LogP contribution in [0.2, 0.25) is 0 Å². The lowest BCUT2D eigenvalue weighted by molar-refractivity contribution is -0.0376. The molecule has 0 aromatic carbocycles. The second-order valence-corrected chi connectivity index (χ2v) is 8.46. The Bertz CT molecular complexity index is 433. The maximum atomic E-state index is 10.3. The molecular weight excluding hydrogens is 256 g/mol. The molecule has 1 fully saturated rings. The maximum Gasteiger partial charge on any atom is 0.0797 e. The Kier molecular flexibility index (Phi) is 4.46. The van der Waals surface area contributed by atoms with Crippen molar-refractivity contribution in [1.82, 2.24) is 0 Å². The monoisotopic (exact) mass is 290 g/mol. The van der Waals surface area contributed by atoms with Gasteiger partial charge in [0.2, 0.25) is 0 Å². The molecule has 2 aliphatic rings. The summed E-state index contributed by atoms with van der Waals surface area (Å²) in [6.07, 6.45) is 11.4. The molecule has 0 heterocycles. The van der Waals surface area contributed by atoms with Gasteiger partial charge in [0.25, 0.3) is 0 Å². The molecule has 0 radical (unpaired) electrons. The molecule has 1 N–H and O–H groups in total. The van der Waals surface area contributed by atoms with Gasteiger partial charge < -0.3 is 5.11 Å². The second kappa shape index (κ2) is 5.57. The van der Waals surface area contributed by atoms with Gasteiger partial charge in [0, 0.05) is 0 Å². The van der Waals surface area contributed by atoms with Crippen molar-refractivity contribution in [3.63, 3.8) is 0 Å². The molecule has 1 heteroatoms. The fourth-order valence-corrected chi connectivity index (χ4v) is 4.89. The SMILES string of the molecule is C=CC(C)(O)CCC1(C)C(C)=CCC2(C)C(C)CCCC12. The van der Waals surface area contributed by atoms with Crippen LogP contribution in [0.4, 0.5) is 0 Å². The molecule has 0 aromatic rings. The summed E-state index contributed by atoms with van der Waals surface area (Å²) in [5, 5.41) is 10.3. The Hall–Kier alpha value is -0.560. The van der Waals surface area contributed by atoms with Crippen LogP contribution in [0.5, 0.6) is 0 Å². The summed E-state index contributed by atoms with van der Waals surface area (Å²) in [5.41, 5.74) is 1.47. The molecule has 0 bridgehead atoms. The van der Waals surface area contributed by atoms with E-state index in [1.54, 1.807) is 11.6 Å². The van der Waals surface area contributed by atoms with E-state index in [1.165, 1.54) is 25.7 Å². The fraction of sp³-hybridized carbons (Fsp3) is 0.800. The number of rotatable bonds is 4. The fourth-order valence-electron chi connectivity index (χ4n) is 4.89. The van der Waals surface area contributed by atoms with Crippen molar-refractivity contribution < 1.29 is 5.11 Å². The maximum absolute atomic E-state index is 10.3. The van der Waals surface area contributed by atoms with Gasteiger partial charge in [-0.3, -0.25) is 0 Å². The summed E-state index contributed by atoms with van der Waals surface area (Å²) in [5.74, 6) is 1.55. The van der Waals surface area contributed by atoms with Gasteiger partial charge in [-0.05, 0) is 62.2 Å². The third-order valence-electron chi connectivity index (χ3n) is 7.16. The van der Waals surface area contributed by atoms with Crippen LogP contribution >= 0.6 is 0 Å². The lowest BCUT2D eigenvalue weighted by Gasteiger charge is -2.57. The average molecular weight is 290 g/mol. The lowest BCUT2D eigenvalue weighted by atomic mass is 9.47. The van der Waals surface area contributed by atoms with Crippen LogP contribution in [0.1, 0.15) is 73.1 Å².